The Bertz CT molecular complexity index is 3060. The normalized spacial score (nSPS) is 15.2. The van der Waals surface area contributed by atoms with Crippen LogP contribution in [0.15, 0.2) is 88.9 Å². The fraction of sp³-hybridized carbons (Fsp3) is 0.563. The summed E-state index contributed by atoms with van der Waals surface area (Å²) in [6.07, 6.45) is 10.7. The van der Waals surface area contributed by atoms with Crippen molar-refractivity contribution in [2.75, 3.05) is 192 Å². The van der Waals surface area contributed by atoms with Crippen molar-refractivity contribution in [2.45, 2.75) is 70.7 Å². The second-order valence-corrected chi connectivity index (χ2v) is 23.0. The Hall–Kier alpha value is -7.55. The van der Waals surface area contributed by atoms with Gasteiger partial charge < -0.3 is 86.6 Å². The van der Waals surface area contributed by atoms with Gasteiger partial charge in [-0.2, -0.15) is 5.48 Å². The number of rotatable bonds is 53. The van der Waals surface area contributed by atoms with Gasteiger partial charge in [0.1, 0.15) is 13.2 Å². The van der Waals surface area contributed by atoms with E-state index in [0.29, 0.717) is 262 Å². The van der Waals surface area contributed by atoms with Crippen LogP contribution < -0.4 is 35.1 Å². The van der Waals surface area contributed by atoms with E-state index in [-0.39, 0.29) is 55.4 Å². The number of hydroxylamine groups is 1. The number of nitrogens with zero attached hydrogens (tertiary/aromatic N) is 4. The molecule has 0 bridgehead atoms. The average Bonchev–Trinajstić information content (AvgIpc) is 1.70. The number of carbonyl (C=O) groups is 5. The molecule has 1 saturated heterocycles. The highest BCUT2D eigenvalue weighted by Crippen LogP contribution is 2.40. The summed E-state index contributed by atoms with van der Waals surface area (Å²) in [6.45, 7) is 20.1. The van der Waals surface area contributed by atoms with E-state index in [2.05, 4.69) is 39.3 Å². The largest absolute Gasteiger partial charge is 0.493 e. The Labute approximate surface area is 579 Å². The number of hydrogen-bond acceptors (Lipinski definition) is 24. The highest BCUT2D eigenvalue weighted by molar-refractivity contribution is 6.12. The molecular weight excluding hydrogens is 1290 g/mol. The highest BCUT2D eigenvalue weighted by Gasteiger charge is 2.34. The van der Waals surface area contributed by atoms with Gasteiger partial charge in [-0.1, -0.05) is 42.9 Å². The van der Waals surface area contributed by atoms with Crippen LogP contribution in [0.1, 0.15) is 82.4 Å². The Morgan fingerprint density at radius 2 is 1.02 bits per heavy atom. The molecule has 1 atom stereocenters. The number of methoxy groups -OCH3 is 2. The van der Waals surface area contributed by atoms with Gasteiger partial charge in [-0.3, -0.25) is 43.7 Å². The zero-order valence-electron chi connectivity index (χ0n) is 57.4. The standard InChI is InChI=1S/C71H99N7O21/c1-53-9-8-13-72-61-45-65(63(84-3)43-59(61)70(82)75-47-53)97-51-56-40-55(41-57(42-56)52-98-66-46-62-60(44-64(66)85-4)71(83)78-50-54(2)39-58(78)49-74-62)48-76-99-38-37-96-36-35-95-34-33-94-32-31-93-30-29-92-28-27-91-26-25-90-24-23-89-22-21-88-20-19-87-18-17-86-16-14-73-67(79)10-6-5-7-15-77-68(80)11-12-69(77)81/h11-13,40-46,49,58,76H,1-2,5-10,14-39,47-48,50-52H2,3-4H3,(H,73,79)(H,75,82)/t58-/m0/s1. The van der Waals surface area contributed by atoms with E-state index in [1.807, 2.05) is 18.2 Å². The van der Waals surface area contributed by atoms with Crippen molar-refractivity contribution in [3.8, 4) is 23.0 Å². The molecule has 0 unspecified atom stereocenters. The smallest absolute Gasteiger partial charge is 0.257 e. The molecule has 544 valence electrons. The molecule has 0 aromatic heterocycles. The van der Waals surface area contributed by atoms with Gasteiger partial charge in [-0.15, -0.1) is 0 Å². The number of benzene rings is 3. The molecule has 1 fully saturated rings. The Morgan fingerprint density at radius 1 is 0.545 bits per heavy atom. The summed E-state index contributed by atoms with van der Waals surface area (Å²) in [5.74, 6) is 0.580. The molecule has 0 saturated carbocycles. The molecule has 4 aliphatic rings. The molecule has 28 heteroatoms. The first-order valence-electron chi connectivity index (χ1n) is 33.8. The quantitative estimate of drug-likeness (QED) is 0.0255. The lowest BCUT2D eigenvalue weighted by atomic mass is 10.1. The molecule has 7 rings (SSSR count). The summed E-state index contributed by atoms with van der Waals surface area (Å²) >= 11 is 0. The summed E-state index contributed by atoms with van der Waals surface area (Å²) < 4.78 is 85.5. The fourth-order valence-corrected chi connectivity index (χ4v) is 10.3. The maximum absolute atomic E-state index is 13.6. The van der Waals surface area contributed by atoms with Crippen molar-refractivity contribution in [2.24, 2.45) is 9.98 Å². The number of imide groups is 1. The average molecular weight is 1390 g/mol. The predicted molar refractivity (Wildman–Crippen MR) is 366 cm³/mol. The van der Waals surface area contributed by atoms with Crippen LogP contribution in [0.4, 0.5) is 11.4 Å². The molecule has 99 heavy (non-hydrogen) atoms. The minimum absolute atomic E-state index is 0.0538. The van der Waals surface area contributed by atoms with Gasteiger partial charge in [0.05, 0.1) is 195 Å². The van der Waals surface area contributed by atoms with Crippen molar-refractivity contribution < 1.29 is 99.9 Å². The van der Waals surface area contributed by atoms with E-state index >= 15 is 0 Å². The van der Waals surface area contributed by atoms with E-state index < -0.39 is 0 Å². The number of fused-ring (bicyclic) bond motifs is 3. The second-order valence-electron chi connectivity index (χ2n) is 23.0. The lowest BCUT2D eigenvalue weighted by Gasteiger charge is -2.20. The first kappa shape index (κ1) is 78.8. The van der Waals surface area contributed by atoms with E-state index in [0.717, 1.165) is 34.3 Å². The Morgan fingerprint density at radius 3 is 1.54 bits per heavy atom. The fourth-order valence-electron chi connectivity index (χ4n) is 10.3. The van der Waals surface area contributed by atoms with Gasteiger partial charge in [0.25, 0.3) is 23.6 Å². The van der Waals surface area contributed by atoms with E-state index in [1.165, 1.54) is 31.3 Å². The first-order valence-corrected chi connectivity index (χ1v) is 33.8. The van der Waals surface area contributed by atoms with Crippen LogP contribution in [0.2, 0.25) is 0 Å². The Balaban J connectivity index is 0.649. The molecule has 0 spiro atoms. The van der Waals surface area contributed by atoms with Crippen molar-refractivity contribution in [3.63, 3.8) is 0 Å². The summed E-state index contributed by atoms with van der Waals surface area (Å²) in [5.41, 5.74) is 9.20. The summed E-state index contributed by atoms with van der Waals surface area (Å²) in [5, 5.41) is 5.74. The number of nitrogens with one attached hydrogen (secondary N) is 3. The van der Waals surface area contributed by atoms with Crippen LogP contribution in [0.25, 0.3) is 0 Å². The second kappa shape index (κ2) is 46.7. The monoisotopic (exact) mass is 1390 g/mol. The number of carbonyl (C=O) groups excluding carboxylic acids is 5. The Kier molecular flexibility index (Phi) is 37.2. The highest BCUT2D eigenvalue weighted by atomic mass is 16.7. The molecule has 0 radical (unpaired) electrons. The third-order valence-electron chi connectivity index (χ3n) is 15.4. The third-order valence-corrected chi connectivity index (χ3v) is 15.4. The molecule has 5 amide bonds. The zero-order chi connectivity index (χ0) is 69.9. The van der Waals surface area contributed by atoms with Crippen LogP contribution in [-0.4, -0.2) is 250 Å². The van der Waals surface area contributed by atoms with Crippen molar-refractivity contribution in [1.82, 2.24) is 25.9 Å². The van der Waals surface area contributed by atoms with Gasteiger partial charge >= 0.3 is 0 Å². The van der Waals surface area contributed by atoms with Crippen LogP contribution in [0, 0.1) is 0 Å². The maximum Gasteiger partial charge on any atom is 0.257 e. The number of ether oxygens (including phenoxy) is 15. The summed E-state index contributed by atoms with van der Waals surface area (Å²) in [6, 6.07) is 12.6. The maximum atomic E-state index is 13.6. The van der Waals surface area contributed by atoms with Gasteiger partial charge in [-0.05, 0) is 67.0 Å². The van der Waals surface area contributed by atoms with Crippen molar-refractivity contribution >= 4 is 53.3 Å². The van der Waals surface area contributed by atoms with Gasteiger partial charge in [0.15, 0.2) is 23.0 Å². The van der Waals surface area contributed by atoms with Gasteiger partial charge in [0, 0.05) is 75.9 Å². The number of unbranched alkanes of at least 4 members (excludes halogenated alkanes) is 2. The van der Waals surface area contributed by atoms with Crippen LogP contribution in [0.3, 0.4) is 0 Å². The molecule has 0 aliphatic carbocycles. The van der Waals surface area contributed by atoms with Crippen LogP contribution >= 0.6 is 0 Å². The zero-order valence-corrected chi connectivity index (χ0v) is 57.4. The molecule has 4 heterocycles. The molecule has 3 N–H and O–H groups in total. The summed E-state index contributed by atoms with van der Waals surface area (Å²) in [4.78, 5) is 79.9. The molecule has 3 aromatic rings. The van der Waals surface area contributed by atoms with E-state index in [1.54, 1.807) is 41.6 Å². The van der Waals surface area contributed by atoms with Gasteiger partial charge in [-0.25, -0.2) is 0 Å². The van der Waals surface area contributed by atoms with Crippen LogP contribution in [-0.2, 0) is 91.1 Å². The minimum atomic E-state index is -0.287. The number of hydrogen-bond donors (Lipinski definition) is 3. The predicted octanol–water partition coefficient (Wildman–Crippen LogP) is 5.94. The molecule has 28 nitrogen and oxygen atoms in total. The lowest BCUT2D eigenvalue weighted by molar-refractivity contribution is -0.137. The first-order chi connectivity index (χ1) is 48.5. The minimum Gasteiger partial charge on any atom is -0.493 e. The van der Waals surface area contributed by atoms with E-state index in [4.69, 9.17) is 75.9 Å². The van der Waals surface area contributed by atoms with Crippen molar-refractivity contribution in [3.05, 3.63) is 107 Å². The topological polar surface area (TPSA) is 300 Å². The number of aliphatic imine (C=N–C) groups is 2. The van der Waals surface area contributed by atoms with Crippen LogP contribution in [0.5, 0.6) is 23.0 Å². The number of amides is 5. The van der Waals surface area contributed by atoms with E-state index in [9.17, 15) is 24.0 Å². The molecule has 4 aliphatic heterocycles. The SMILES string of the molecule is C=C1CCC=Nc2cc(OCc3cc(CNOCCOCCOCCOCCOCCOCCOCCOCCOCCOCCOCCOCCNC(=O)CCCCCN4C(=O)C=CC4=O)cc(COc4cc5c(cc4OC)C(=O)N4CC(=C)C[C@H]4C=N5)c3)c(OC)cc2C(=O)NC1. The van der Waals surface area contributed by atoms with Gasteiger partial charge in [0.2, 0.25) is 5.91 Å². The summed E-state index contributed by atoms with van der Waals surface area (Å²) in [7, 11) is 3.06. The molecular formula is C71H99N7O21. The van der Waals surface area contributed by atoms with Crippen molar-refractivity contribution in [1.29, 1.82) is 0 Å². The molecule has 3 aromatic carbocycles. The lowest BCUT2D eigenvalue weighted by Crippen LogP contribution is -2.35. The third kappa shape index (κ3) is 29.7.